The fraction of sp³-hybridized carbons (Fsp3) is 0.800. The van der Waals surface area contributed by atoms with Gasteiger partial charge in [0, 0.05) is 17.0 Å². The number of nitrogens with zero attached hydrogens (tertiary/aromatic N) is 2. The molecule has 0 fully saturated rings. The van der Waals surface area contributed by atoms with E-state index in [1.54, 1.807) is 7.11 Å². The molecule has 0 aliphatic rings. The normalized spacial score (nSPS) is 13.5. The second-order valence-corrected chi connectivity index (χ2v) is 7.69. The smallest absolute Gasteiger partial charge is 0.161 e. The van der Waals surface area contributed by atoms with E-state index in [4.69, 9.17) is 4.74 Å². The fourth-order valence-corrected chi connectivity index (χ4v) is 2.97. The van der Waals surface area contributed by atoms with Crippen molar-refractivity contribution in [3.05, 3.63) is 11.9 Å². The minimum absolute atomic E-state index is 0.260. The lowest BCUT2D eigenvalue weighted by atomic mass is 10.2. The molecule has 0 spiro atoms. The average Bonchev–Trinajstić information content (AvgIpc) is 2.80. The standard InChI is InChI=1S/C15H29N3OS/c1-7-9-16-12(11-20-15(3,4)5)14-13(19-6)10-17-18(14)8-2/h10,12,16H,7-9,11H2,1-6H3. The highest BCUT2D eigenvalue weighted by Gasteiger charge is 2.23. The van der Waals surface area contributed by atoms with Crippen molar-refractivity contribution in [1.29, 1.82) is 0 Å². The molecule has 20 heavy (non-hydrogen) atoms. The molecule has 1 atom stereocenters. The van der Waals surface area contributed by atoms with Crippen molar-refractivity contribution in [1.82, 2.24) is 15.1 Å². The van der Waals surface area contributed by atoms with Gasteiger partial charge in [-0.2, -0.15) is 16.9 Å². The third-order valence-corrected chi connectivity index (χ3v) is 4.38. The van der Waals surface area contributed by atoms with Crippen LogP contribution in [0.25, 0.3) is 0 Å². The van der Waals surface area contributed by atoms with Crippen LogP contribution < -0.4 is 10.1 Å². The molecule has 0 radical (unpaired) electrons. The lowest BCUT2D eigenvalue weighted by Crippen LogP contribution is -2.28. The average molecular weight is 299 g/mol. The summed E-state index contributed by atoms with van der Waals surface area (Å²) >= 11 is 1.97. The van der Waals surface area contributed by atoms with Gasteiger partial charge in [0.25, 0.3) is 0 Å². The molecule has 1 unspecified atom stereocenters. The molecule has 1 heterocycles. The van der Waals surface area contributed by atoms with Gasteiger partial charge >= 0.3 is 0 Å². The third-order valence-electron chi connectivity index (χ3n) is 3.02. The number of hydrogen-bond donors (Lipinski definition) is 1. The van der Waals surface area contributed by atoms with Crippen LogP contribution >= 0.6 is 11.8 Å². The Kier molecular flexibility index (Phi) is 6.89. The molecule has 0 aromatic carbocycles. The fourth-order valence-electron chi connectivity index (χ4n) is 2.02. The van der Waals surface area contributed by atoms with Gasteiger partial charge < -0.3 is 10.1 Å². The molecule has 0 aliphatic carbocycles. The monoisotopic (exact) mass is 299 g/mol. The van der Waals surface area contributed by atoms with E-state index in [0.29, 0.717) is 0 Å². The summed E-state index contributed by atoms with van der Waals surface area (Å²) in [5.74, 6) is 1.90. The van der Waals surface area contributed by atoms with Crippen LogP contribution in [0.2, 0.25) is 0 Å². The maximum atomic E-state index is 5.49. The summed E-state index contributed by atoms with van der Waals surface area (Å²) in [4.78, 5) is 0. The van der Waals surface area contributed by atoms with Crippen molar-refractivity contribution in [3.8, 4) is 5.75 Å². The van der Waals surface area contributed by atoms with Crippen LogP contribution in [0.5, 0.6) is 5.75 Å². The predicted octanol–water partition coefficient (Wildman–Crippen LogP) is 3.48. The zero-order chi connectivity index (χ0) is 15.2. The Labute approximate surface area is 127 Å². The summed E-state index contributed by atoms with van der Waals surface area (Å²) < 4.78 is 7.79. The number of nitrogens with one attached hydrogen (secondary N) is 1. The molecule has 1 aromatic rings. The first-order valence-electron chi connectivity index (χ1n) is 7.40. The molecule has 4 nitrogen and oxygen atoms in total. The Hall–Kier alpha value is -0.680. The Bertz CT molecular complexity index is 377. The number of rotatable bonds is 8. The zero-order valence-corrected chi connectivity index (χ0v) is 14.5. The number of ether oxygens (including phenoxy) is 1. The van der Waals surface area contributed by atoms with Gasteiger partial charge in [-0.25, -0.2) is 0 Å². The van der Waals surface area contributed by atoms with E-state index >= 15 is 0 Å². The Balaban J connectivity index is 2.93. The Morgan fingerprint density at radius 3 is 2.60 bits per heavy atom. The molecule has 1 rings (SSSR count). The summed E-state index contributed by atoms with van der Waals surface area (Å²) in [5, 5.41) is 8.05. The van der Waals surface area contributed by atoms with Crippen LogP contribution in [0.3, 0.4) is 0 Å². The van der Waals surface area contributed by atoms with Crippen LogP contribution in [0.1, 0.15) is 52.8 Å². The molecule has 1 N–H and O–H groups in total. The molecule has 5 heteroatoms. The largest absolute Gasteiger partial charge is 0.493 e. The molecule has 0 saturated carbocycles. The predicted molar refractivity (Wildman–Crippen MR) is 87.7 cm³/mol. The summed E-state index contributed by atoms with van der Waals surface area (Å²) in [5.41, 5.74) is 1.17. The highest BCUT2D eigenvalue weighted by Crippen LogP contribution is 2.32. The number of aryl methyl sites for hydroxylation is 1. The molecular weight excluding hydrogens is 270 g/mol. The van der Waals surface area contributed by atoms with Crippen molar-refractivity contribution >= 4 is 11.8 Å². The number of thioether (sulfide) groups is 1. The Morgan fingerprint density at radius 2 is 2.10 bits per heavy atom. The maximum Gasteiger partial charge on any atom is 0.161 e. The molecule has 0 saturated heterocycles. The highest BCUT2D eigenvalue weighted by molar-refractivity contribution is 8.00. The van der Waals surface area contributed by atoms with Crippen LogP contribution in [0.4, 0.5) is 0 Å². The summed E-state index contributed by atoms with van der Waals surface area (Å²) in [6.07, 6.45) is 2.94. The lowest BCUT2D eigenvalue weighted by Gasteiger charge is -2.25. The minimum atomic E-state index is 0.260. The molecule has 0 aliphatic heterocycles. The van der Waals surface area contributed by atoms with E-state index in [1.165, 1.54) is 5.69 Å². The first-order chi connectivity index (χ1) is 9.42. The molecule has 116 valence electrons. The van der Waals surface area contributed by atoms with Gasteiger partial charge in [0.05, 0.1) is 25.0 Å². The van der Waals surface area contributed by atoms with Gasteiger partial charge in [-0.3, -0.25) is 4.68 Å². The number of methoxy groups -OCH3 is 1. The number of hydrogen-bond acceptors (Lipinski definition) is 4. The van der Waals surface area contributed by atoms with Gasteiger partial charge in [-0.1, -0.05) is 27.7 Å². The third kappa shape index (κ3) is 5.02. The van der Waals surface area contributed by atoms with E-state index in [-0.39, 0.29) is 10.8 Å². The van der Waals surface area contributed by atoms with E-state index in [1.807, 2.05) is 22.6 Å². The maximum absolute atomic E-state index is 5.49. The lowest BCUT2D eigenvalue weighted by molar-refractivity contribution is 0.396. The van der Waals surface area contributed by atoms with Gasteiger partial charge in [-0.15, -0.1) is 0 Å². The van der Waals surface area contributed by atoms with Crippen LogP contribution in [-0.4, -0.2) is 33.9 Å². The second kappa shape index (κ2) is 7.93. The summed E-state index contributed by atoms with van der Waals surface area (Å²) in [6.45, 7) is 12.9. The zero-order valence-electron chi connectivity index (χ0n) is 13.7. The van der Waals surface area contributed by atoms with E-state index in [0.717, 1.165) is 31.0 Å². The van der Waals surface area contributed by atoms with Gasteiger partial charge in [-0.05, 0) is 19.9 Å². The molecular formula is C15H29N3OS. The Morgan fingerprint density at radius 1 is 1.40 bits per heavy atom. The first kappa shape index (κ1) is 17.4. The van der Waals surface area contributed by atoms with Gasteiger partial charge in [0.2, 0.25) is 0 Å². The SMILES string of the molecule is CCCNC(CSC(C)(C)C)c1c(OC)cnn1CC. The first-order valence-corrected chi connectivity index (χ1v) is 8.38. The van der Waals surface area contributed by atoms with Crippen LogP contribution in [0.15, 0.2) is 6.20 Å². The molecule has 0 amide bonds. The van der Waals surface area contributed by atoms with Crippen LogP contribution in [0, 0.1) is 0 Å². The van der Waals surface area contributed by atoms with Crippen molar-refractivity contribution in [2.45, 2.75) is 58.4 Å². The summed E-state index contributed by atoms with van der Waals surface area (Å²) in [7, 11) is 1.72. The van der Waals surface area contributed by atoms with Crippen molar-refractivity contribution < 1.29 is 4.74 Å². The topological polar surface area (TPSA) is 39.1 Å². The van der Waals surface area contributed by atoms with Crippen LogP contribution in [-0.2, 0) is 6.54 Å². The van der Waals surface area contributed by atoms with Crippen molar-refractivity contribution in [2.24, 2.45) is 0 Å². The second-order valence-electron chi connectivity index (χ2n) is 5.84. The number of aromatic nitrogens is 2. The quantitative estimate of drug-likeness (QED) is 0.797. The molecule has 1 aromatic heterocycles. The van der Waals surface area contributed by atoms with E-state index < -0.39 is 0 Å². The van der Waals surface area contributed by atoms with Gasteiger partial charge in [0.15, 0.2) is 5.75 Å². The van der Waals surface area contributed by atoms with Crippen molar-refractivity contribution in [2.75, 3.05) is 19.4 Å². The minimum Gasteiger partial charge on any atom is -0.493 e. The molecule has 0 bridgehead atoms. The van der Waals surface area contributed by atoms with E-state index in [2.05, 4.69) is 45.0 Å². The van der Waals surface area contributed by atoms with E-state index in [9.17, 15) is 0 Å². The van der Waals surface area contributed by atoms with Gasteiger partial charge in [0.1, 0.15) is 0 Å². The summed E-state index contributed by atoms with van der Waals surface area (Å²) in [6, 6.07) is 0.275. The van der Waals surface area contributed by atoms with Crippen molar-refractivity contribution in [3.63, 3.8) is 0 Å². The highest BCUT2D eigenvalue weighted by atomic mass is 32.2.